The van der Waals surface area contributed by atoms with E-state index in [0.717, 1.165) is 50.9 Å². The van der Waals surface area contributed by atoms with Crippen molar-refractivity contribution in [2.45, 2.75) is 64.0 Å². The molecule has 0 amide bonds. The summed E-state index contributed by atoms with van der Waals surface area (Å²) in [6.07, 6.45) is 1.77. The van der Waals surface area contributed by atoms with Gasteiger partial charge in [0.25, 0.3) is 0 Å². The van der Waals surface area contributed by atoms with Crippen LogP contribution < -0.4 is 0 Å². The molecule has 2 unspecified atom stereocenters. The van der Waals surface area contributed by atoms with Crippen molar-refractivity contribution < 1.29 is 13.2 Å². The van der Waals surface area contributed by atoms with Crippen LogP contribution in [0, 0.1) is 5.92 Å². The number of alkyl halides is 3. The number of rotatable bonds is 10. The molecule has 0 saturated heterocycles. The first-order valence-electron chi connectivity index (χ1n) is 11.4. The molecule has 1 saturated carbocycles. The molecule has 0 N–H and O–H groups in total. The molecular weight excluding hydrogens is 383 g/mol. The molecule has 1 aliphatic carbocycles. The highest BCUT2D eigenvalue weighted by molar-refractivity contribution is 5.27. The van der Waals surface area contributed by atoms with Crippen LogP contribution in [0.1, 0.15) is 61.6 Å². The highest BCUT2D eigenvalue weighted by Crippen LogP contribution is 2.48. The number of benzene rings is 2. The lowest BCUT2D eigenvalue weighted by atomic mass is 9.88. The maximum absolute atomic E-state index is 13.2. The van der Waals surface area contributed by atoms with Crippen molar-refractivity contribution in [2.24, 2.45) is 5.92 Å². The average molecular weight is 418 g/mol. The Balaban J connectivity index is 1.48. The Morgan fingerprint density at radius 2 is 1.53 bits per heavy atom. The number of nitrogens with zero attached hydrogens (tertiary/aromatic N) is 1. The lowest BCUT2D eigenvalue weighted by Gasteiger charge is -2.23. The van der Waals surface area contributed by atoms with E-state index in [1.54, 1.807) is 0 Å². The van der Waals surface area contributed by atoms with Crippen LogP contribution in [0.15, 0.2) is 54.6 Å². The predicted molar refractivity (Wildman–Crippen MR) is 118 cm³/mol. The van der Waals surface area contributed by atoms with Crippen molar-refractivity contribution in [1.29, 1.82) is 0 Å². The summed E-state index contributed by atoms with van der Waals surface area (Å²) >= 11 is 0. The monoisotopic (exact) mass is 417 g/mol. The fraction of sp³-hybridized carbons (Fsp3) is 0.538. The van der Waals surface area contributed by atoms with Gasteiger partial charge < -0.3 is 4.90 Å². The largest absolute Gasteiger partial charge is 0.392 e. The first-order chi connectivity index (χ1) is 14.5. The lowest BCUT2D eigenvalue weighted by Crippen LogP contribution is -2.28. The van der Waals surface area contributed by atoms with Crippen LogP contribution in [-0.4, -0.2) is 30.7 Å². The van der Waals surface area contributed by atoms with E-state index in [1.807, 2.05) is 24.3 Å². The molecule has 0 bridgehead atoms. The van der Waals surface area contributed by atoms with Crippen molar-refractivity contribution in [3.05, 3.63) is 71.3 Å². The topological polar surface area (TPSA) is 3.24 Å². The maximum atomic E-state index is 13.2. The second-order valence-corrected chi connectivity index (χ2v) is 8.61. The van der Waals surface area contributed by atoms with E-state index in [1.165, 1.54) is 11.1 Å². The molecule has 1 nitrogen and oxygen atoms in total. The Morgan fingerprint density at radius 3 is 2.20 bits per heavy atom. The predicted octanol–water partition coefficient (Wildman–Crippen LogP) is 7.02. The molecule has 4 heteroatoms. The Hall–Kier alpha value is -1.81. The van der Waals surface area contributed by atoms with E-state index in [4.69, 9.17) is 0 Å². The lowest BCUT2D eigenvalue weighted by molar-refractivity contribution is -0.176. The molecule has 0 heterocycles. The maximum Gasteiger partial charge on any atom is 0.392 e. The summed E-state index contributed by atoms with van der Waals surface area (Å²) in [5, 5.41) is 0. The molecule has 0 aliphatic heterocycles. The molecule has 0 aromatic heterocycles. The van der Waals surface area contributed by atoms with Gasteiger partial charge in [-0.25, -0.2) is 0 Å². The van der Waals surface area contributed by atoms with Gasteiger partial charge in [0.15, 0.2) is 0 Å². The minimum absolute atomic E-state index is 0.270. The second-order valence-electron chi connectivity index (χ2n) is 8.61. The fourth-order valence-corrected chi connectivity index (χ4v) is 4.77. The van der Waals surface area contributed by atoms with Gasteiger partial charge >= 0.3 is 6.18 Å². The summed E-state index contributed by atoms with van der Waals surface area (Å²) in [6.45, 7) is 5.44. The Labute approximate surface area is 179 Å². The summed E-state index contributed by atoms with van der Waals surface area (Å²) < 4.78 is 39.7. The van der Waals surface area contributed by atoms with Gasteiger partial charge in [0.1, 0.15) is 0 Å². The molecule has 2 atom stereocenters. The van der Waals surface area contributed by atoms with E-state index in [9.17, 15) is 13.2 Å². The third-order valence-corrected chi connectivity index (χ3v) is 6.38. The quantitative estimate of drug-likeness (QED) is 0.401. The van der Waals surface area contributed by atoms with Crippen molar-refractivity contribution in [2.75, 3.05) is 19.6 Å². The minimum Gasteiger partial charge on any atom is -0.303 e. The van der Waals surface area contributed by atoms with Crippen molar-refractivity contribution in [1.82, 2.24) is 4.90 Å². The third kappa shape index (κ3) is 6.60. The van der Waals surface area contributed by atoms with Gasteiger partial charge in [-0.2, -0.15) is 13.2 Å². The fourth-order valence-electron chi connectivity index (χ4n) is 4.77. The SMILES string of the molecule is CCCN(CCCc1ccc(C2CCCC2C(F)(F)F)cc1)CCc1ccccc1. The van der Waals surface area contributed by atoms with E-state index in [2.05, 4.69) is 42.2 Å². The number of hydrogen-bond donors (Lipinski definition) is 0. The van der Waals surface area contributed by atoms with E-state index < -0.39 is 12.1 Å². The van der Waals surface area contributed by atoms with Crippen LogP contribution in [0.4, 0.5) is 13.2 Å². The molecule has 0 radical (unpaired) electrons. The summed E-state index contributed by atoms with van der Waals surface area (Å²) in [5.41, 5.74) is 3.45. The zero-order valence-corrected chi connectivity index (χ0v) is 18.0. The van der Waals surface area contributed by atoms with Gasteiger partial charge in [-0.05, 0) is 74.2 Å². The van der Waals surface area contributed by atoms with Gasteiger partial charge in [-0.1, -0.05) is 67.9 Å². The van der Waals surface area contributed by atoms with Crippen LogP contribution in [0.2, 0.25) is 0 Å². The minimum atomic E-state index is -4.08. The first kappa shape index (κ1) is 22.9. The third-order valence-electron chi connectivity index (χ3n) is 6.38. The van der Waals surface area contributed by atoms with Crippen molar-refractivity contribution in [3.8, 4) is 0 Å². The smallest absolute Gasteiger partial charge is 0.303 e. The van der Waals surface area contributed by atoms with Gasteiger partial charge in [-0.3, -0.25) is 0 Å². The van der Waals surface area contributed by atoms with Crippen molar-refractivity contribution >= 4 is 0 Å². The highest BCUT2D eigenvalue weighted by atomic mass is 19.4. The van der Waals surface area contributed by atoms with Crippen LogP contribution in [-0.2, 0) is 12.8 Å². The van der Waals surface area contributed by atoms with Crippen LogP contribution >= 0.6 is 0 Å². The number of halogens is 3. The van der Waals surface area contributed by atoms with E-state index >= 15 is 0 Å². The molecule has 1 fully saturated rings. The zero-order chi connectivity index (χ0) is 21.4. The summed E-state index contributed by atoms with van der Waals surface area (Å²) in [4.78, 5) is 2.52. The van der Waals surface area contributed by atoms with Crippen LogP contribution in [0.3, 0.4) is 0 Å². The Kier molecular flexibility index (Phi) is 8.38. The van der Waals surface area contributed by atoms with Gasteiger partial charge in [0.05, 0.1) is 5.92 Å². The van der Waals surface area contributed by atoms with Gasteiger partial charge in [0, 0.05) is 6.54 Å². The number of hydrogen-bond acceptors (Lipinski definition) is 1. The molecular formula is C26H34F3N. The standard InChI is InChI=1S/C26H34F3N/c1-2-18-30(20-17-21-8-4-3-5-9-21)19-7-10-22-13-15-23(16-14-22)24-11-6-12-25(24)26(27,28)29/h3-5,8-9,13-16,24-25H,2,6-7,10-12,17-20H2,1H3. The van der Waals surface area contributed by atoms with Gasteiger partial charge in [-0.15, -0.1) is 0 Å². The molecule has 0 spiro atoms. The second kappa shape index (κ2) is 11.0. The normalized spacial score (nSPS) is 19.5. The highest BCUT2D eigenvalue weighted by Gasteiger charge is 2.47. The van der Waals surface area contributed by atoms with E-state index in [0.29, 0.717) is 12.8 Å². The molecule has 2 aromatic carbocycles. The van der Waals surface area contributed by atoms with Crippen LogP contribution in [0.5, 0.6) is 0 Å². The van der Waals surface area contributed by atoms with Crippen LogP contribution in [0.25, 0.3) is 0 Å². The number of aryl methyl sites for hydroxylation is 1. The van der Waals surface area contributed by atoms with E-state index in [-0.39, 0.29) is 12.3 Å². The molecule has 3 rings (SSSR count). The first-order valence-corrected chi connectivity index (χ1v) is 11.4. The molecule has 1 aliphatic rings. The average Bonchev–Trinajstić information content (AvgIpc) is 3.24. The summed E-state index contributed by atoms with van der Waals surface area (Å²) in [5.74, 6) is -1.53. The van der Waals surface area contributed by atoms with Gasteiger partial charge in [0.2, 0.25) is 0 Å². The Morgan fingerprint density at radius 1 is 0.833 bits per heavy atom. The molecule has 30 heavy (non-hydrogen) atoms. The molecule has 2 aromatic rings. The Bertz CT molecular complexity index is 739. The summed E-state index contributed by atoms with van der Waals surface area (Å²) in [7, 11) is 0. The summed E-state index contributed by atoms with van der Waals surface area (Å²) in [6, 6.07) is 18.5. The molecule has 164 valence electrons. The zero-order valence-electron chi connectivity index (χ0n) is 18.0. The van der Waals surface area contributed by atoms with Crippen molar-refractivity contribution in [3.63, 3.8) is 0 Å².